The van der Waals surface area contributed by atoms with Gasteiger partial charge in [-0.1, -0.05) is 24.3 Å². The maximum absolute atomic E-state index is 12.1. The summed E-state index contributed by atoms with van der Waals surface area (Å²) in [4.78, 5) is 30.4. The SMILES string of the molecule is O=C(CCCOc1ccccc1)Nc1nc(-c2ccc3[nH]c(=O)oc3c2)cs1. The Morgan fingerprint density at radius 3 is 2.93 bits per heavy atom. The van der Waals surface area contributed by atoms with Crippen LogP contribution in [0.25, 0.3) is 22.4 Å². The lowest BCUT2D eigenvalue weighted by atomic mass is 10.1. The van der Waals surface area contributed by atoms with E-state index in [1.54, 1.807) is 12.1 Å². The van der Waals surface area contributed by atoms with Crippen LogP contribution in [0.2, 0.25) is 0 Å². The second-order valence-corrected chi connectivity index (χ2v) is 6.93. The number of hydrogen-bond acceptors (Lipinski definition) is 6. The van der Waals surface area contributed by atoms with Crippen molar-refractivity contribution in [2.24, 2.45) is 0 Å². The zero-order chi connectivity index (χ0) is 19.3. The lowest BCUT2D eigenvalue weighted by Crippen LogP contribution is -2.12. The molecule has 2 aromatic heterocycles. The van der Waals surface area contributed by atoms with Crippen LogP contribution in [-0.2, 0) is 4.79 Å². The molecule has 7 nitrogen and oxygen atoms in total. The van der Waals surface area contributed by atoms with Crippen LogP contribution in [0, 0.1) is 0 Å². The fourth-order valence-corrected chi connectivity index (χ4v) is 3.43. The van der Waals surface area contributed by atoms with Crippen LogP contribution in [-0.4, -0.2) is 22.5 Å². The van der Waals surface area contributed by atoms with E-state index >= 15 is 0 Å². The van der Waals surface area contributed by atoms with Crippen LogP contribution in [0.15, 0.2) is 63.1 Å². The van der Waals surface area contributed by atoms with E-state index in [4.69, 9.17) is 9.15 Å². The second kappa shape index (κ2) is 8.10. The largest absolute Gasteiger partial charge is 0.494 e. The number of benzene rings is 2. The van der Waals surface area contributed by atoms with E-state index in [0.29, 0.717) is 41.4 Å². The molecule has 0 aliphatic heterocycles. The molecule has 0 spiro atoms. The van der Waals surface area contributed by atoms with Gasteiger partial charge in [-0.3, -0.25) is 9.78 Å². The van der Waals surface area contributed by atoms with Crippen LogP contribution in [0.1, 0.15) is 12.8 Å². The van der Waals surface area contributed by atoms with Crippen LogP contribution in [0.3, 0.4) is 0 Å². The summed E-state index contributed by atoms with van der Waals surface area (Å²) in [5.41, 5.74) is 2.62. The highest BCUT2D eigenvalue weighted by molar-refractivity contribution is 7.14. The van der Waals surface area contributed by atoms with Gasteiger partial charge < -0.3 is 14.5 Å². The van der Waals surface area contributed by atoms with Gasteiger partial charge in [-0.2, -0.15) is 0 Å². The number of anilines is 1. The Morgan fingerprint density at radius 2 is 2.07 bits per heavy atom. The zero-order valence-electron chi connectivity index (χ0n) is 14.8. The van der Waals surface area contributed by atoms with Gasteiger partial charge in [-0.25, -0.2) is 9.78 Å². The number of oxazole rings is 1. The molecule has 0 unspecified atom stereocenters. The van der Waals surface area contributed by atoms with Crippen molar-refractivity contribution in [3.8, 4) is 17.0 Å². The molecule has 0 atom stereocenters. The Kier molecular flexibility index (Phi) is 5.20. The van der Waals surface area contributed by atoms with Crippen LogP contribution in [0.4, 0.5) is 5.13 Å². The molecule has 2 N–H and O–H groups in total. The van der Waals surface area contributed by atoms with Crippen LogP contribution in [0.5, 0.6) is 5.75 Å². The first kappa shape index (κ1) is 18.0. The van der Waals surface area contributed by atoms with E-state index in [1.165, 1.54) is 11.3 Å². The lowest BCUT2D eigenvalue weighted by molar-refractivity contribution is -0.116. The molecule has 1 amide bonds. The maximum Gasteiger partial charge on any atom is 0.417 e. The summed E-state index contributed by atoms with van der Waals surface area (Å²) in [7, 11) is 0. The smallest absolute Gasteiger partial charge is 0.417 e. The van der Waals surface area contributed by atoms with E-state index in [-0.39, 0.29) is 5.91 Å². The van der Waals surface area contributed by atoms with Crippen molar-refractivity contribution >= 4 is 33.5 Å². The van der Waals surface area contributed by atoms with Gasteiger partial charge in [0, 0.05) is 17.4 Å². The van der Waals surface area contributed by atoms with Gasteiger partial charge in [0.25, 0.3) is 0 Å². The lowest BCUT2D eigenvalue weighted by Gasteiger charge is -2.05. The molecule has 0 radical (unpaired) electrons. The minimum atomic E-state index is -0.491. The monoisotopic (exact) mass is 395 g/mol. The van der Waals surface area contributed by atoms with Gasteiger partial charge in [0.2, 0.25) is 5.91 Å². The first-order valence-electron chi connectivity index (χ1n) is 8.74. The summed E-state index contributed by atoms with van der Waals surface area (Å²) >= 11 is 1.34. The van der Waals surface area contributed by atoms with Crippen molar-refractivity contribution in [3.63, 3.8) is 0 Å². The molecule has 142 valence electrons. The number of aromatic nitrogens is 2. The number of amides is 1. The summed E-state index contributed by atoms with van der Waals surface area (Å²) in [6.07, 6.45) is 0.963. The zero-order valence-corrected chi connectivity index (χ0v) is 15.6. The number of rotatable bonds is 7. The van der Waals surface area contributed by atoms with Gasteiger partial charge in [-0.15, -0.1) is 11.3 Å². The second-order valence-electron chi connectivity index (χ2n) is 6.08. The molecular formula is C20H17N3O4S. The Balaban J connectivity index is 1.31. The van der Waals surface area contributed by atoms with Gasteiger partial charge >= 0.3 is 5.76 Å². The number of aromatic amines is 1. The molecule has 0 bridgehead atoms. The Labute approximate surface area is 164 Å². The van der Waals surface area contributed by atoms with E-state index in [1.807, 2.05) is 41.8 Å². The normalized spacial score (nSPS) is 10.9. The molecular weight excluding hydrogens is 378 g/mol. The number of hydrogen-bond donors (Lipinski definition) is 2. The molecule has 0 fully saturated rings. The molecule has 0 aliphatic rings. The van der Waals surface area contributed by atoms with Crippen molar-refractivity contribution in [2.75, 3.05) is 11.9 Å². The molecule has 0 saturated heterocycles. The number of nitrogens with zero attached hydrogens (tertiary/aromatic N) is 1. The van der Waals surface area contributed by atoms with Crippen LogP contribution >= 0.6 is 11.3 Å². The van der Waals surface area contributed by atoms with E-state index in [2.05, 4.69) is 15.3 Å². The number of nitrogens with one attached hydrogen (secondary N) is 2. The van der Waals surface area contributed by atoms with Crippen LogP contribution < -0.4 is 15.8 Å². The van der Waals surface area contributed by atoms with Crippen molar-refractivity contribution < 1.29 is 13.9 Å². The minimum Gasteiger partial charge on any atom is -0.494 e. The number of thiazole rings is 1. The summed E-state index contributed by atoms with van der Waals surface area (Å²) in [5, 5.41) is 5.18. The van der Waals surface area contributed by atoms with Gasteiger partial charge in [0.1, 0.15) is 5.75 Å². The Morgan fingerprint density at radius 1 is 1.21 bits per heavy atom. The third-order valence-electron chi connectivity index (χ3n) is 4.03. The highest BCUT2D eigenvalue weighted by Gasteiger charge is 2.10. The van der Waals surface area contributed by atoms with Gasteiger partial charge in [-0.05, 0) is 30.7 Å². The topological polar surface area (TPSA) is 97.2 Å². The quantitative estimate of drug-likeness (QED) is 0.460. The third-order valence-corrected chi connectivity index (χ3v) is 4.79. The standard InChI is InChI=1S/C20H17N3O4S/c24-18(7-4-10-26-14-5-2-1-3-6-14)23-19-21-16(12-28-19)13-8-9-15-17(11-13)27-20(25)22-15/h1-3,5-6,8-9,11-12H,4,7,10H2,(H,22,25)(H,21,23,24). The number of carbonyl (C=O) groups excluding carboxylic acids is 1. The van der Waals surface area contributed by atoms with E-state index in [9.17, 15) is 9.59 Å². The molecule has 4 aromatic rings. The molecule has 28 heavy (non-hydrogen) atoms. The maximum atomic E-state index is 12.1. The molecule has 4 rings (SSSR count). The minimum absolute atomic E-state index is 0.107. The fourth-order valence-electron chi connectivity index (χ4n) is 2.69. The number of ether oxygens (including phenoxy) is 1. The predicted octanol–water partition coefficient (Wildman–Crippen LogP) is 4.04. The van der Waals surface area contributed by atoms with E-state index < -0.39 is 5.76 Å². The van der Waals surface area contributed by atoms with Crippen molar-refractivity contribution in [2.45, 2.75) is 12.8 Å². The first-order chi connectivity index (χ1) is 13.7. The van der Waals surface area contributed by atoms with Crippen molar-refractivity contribution in [1.29, 1.82) is 0 Å². The average molecular weight is 395 g/mol. The van der Waals surface area contributed by atoms with Gasteiger partial charge in [0.05, 0.1) is 17.8 Å². The Hall–Kier alpha value is -3.39. The molecule has 0 saturated carbocycles. The highest BCUT2D eigenvalue weighted by atomic mass is 32.1. The van der Waals surface area contributed by atoms with Crippen molar-refractivity contribution in [3.05, 3.63) is 64.5 Å². The van der Waals surface area contributed by atoms with Gasteiger partial charge in [0.15, 0.2) is 10.7 Å². The average Bonchev–Trinajstić information content (AvgIpc) is 3.31. The number of carbonyl (C=O) groups is 1. The predicted molar refractivity (Wildman–Crippen MR) is 108 cm³/mol. The summed E-state index contributed by atoms with van der Waals surface area (Å²) < 4.78 is 10.6. The molecule has 0 aliphatic carbocycles. The number of H-pyrrole nitrogens is 1. The fraction of sp³-hybridized carbons (Fsp3) is 0.150. The summed E-state index contributed by atoms with van der Waals surface area (Å²) in [6.45, 7) is 0.475. The first-order valence-corrected chi connectivity index (χ1v) is 9.62. The molecule has 8 heteroatoms. The third kappa shape index (κ3) is 4.29. The number of para-hydroxylation sites is 1. The van der Waals surface area contributed by atoms with E-state index in [0.717, 1.165) is 11.3 Å². The Bertz CT molecular complexity index is 1150. The number of fused-ring (bicyclic) bond motifs is 1. The molecule has 2 heterocycles. The highest BCUT2D eigenvalue weighted by Crippen LogP contribution is 2.27. The summed E-state index contributed by atoms with van der Waals surface area (Å²) in [5.74, 6) is 0.196. The molecule has 2 aromatic carbocycles. The summed E-state index contributed by atoms with van der Waals surface area (Å²) in [6, 6.07) is 14.9. The van der Waals surface area contributed by atoms with Crippen molar-refractivity contribution in [1.82, 2.24) is 9.97 Å².